The van der Waals surface area contributed by atoms with Gasteiger partial charge in [-0.05, 0) is 18.8 Å². The Morgan fingerprint density at radius 3 is 2.89 bits per heavy atom. The van der Waals surface area contributed by atoms with Crippen molar-refractivity contribution in [1.82, 2.24) is 14.5 Å². The van der Waals surface area contributed by atoms with Crippen molar-refractivity contribution in [2.75, 3.05) is 13.1 Å². The molecule has 0 aromatic carbocycles. The average molecular weight is 273 g/mol. The zero-order valence-electron chi connectivity index (χ0n) is 10.9. The molecular formula is C12H21ClN4O. The van der Waals surface area contributed by atoms with Crippen molar-refractivity contribution in [1.29, 1.82) is 0 Å². The van der Waals surface area contributed by atoms with Gasteiger partial charge in [0.2, 0.25) is 0 Å². The number of hydrogen-bond donors (Lipinski definition) is 1. The smallest absolute Gasteiger partial charge is 0.274 e. The molecule has 0 bridgehead atoms. The van der Waals surface area contributed by atoms with Gasteiger partial charge in [-0.2, -0.15) is 0 Å². The average Bonchev–Trinajstić information content (AvgIpc) is 2.75. The highest BCUT2D eigenvalue weighted by atomic mass is 35.5. The number of nitrogens with two attached hydrogens (primary N) is 1. The number of amides is 1. The second kappa shape index (κ2) is 6.20. The lowest BCUT2D eigenvalue weighted by atomic mass is 9.92. The van der Waals surface area contributed by atoms with Crippen LogP contribution in [-0.2, 0) is 7.05 Å². The van der Waals surface area contributed by atoms with Crippen LogP contribution in [0.1, 0.15) is 30.3 Å². The van der Waals surface area contributed by atoms with Crippen molar-refractivity contribution < 1.29 is 4.79 Å². The molecule has 5 nitrogen and oxygen atoms in total. The lowest BCUT2D eigenvalue weighted by Crippen LogP contribution is -2.49. The third-order valence-corrected chi connectivity index (χ3v) is 3.43. The Morgan fingerprint density at radius 2 is 2.33 bits per heavy atom. The molecule has 1 aromatic heterocycles. The normalized spacial score (nSPS) is 23.6. The fourth-order valence-corrected chi connectivity index (χ4v) is 2.41. The fraction of sp³-hybridized carbons (Fsp3) is 0.667. The summed E-state index contributed by atoms with van der Waals surface area (Å²) in [6.45, 7) is 3.53. The summed E-state index contributed by atoms with van der Waals surface area (Å²) in [6.07, 6.45) is 5.45. The van der Waals surface area contributed by atoms with E-state index in [9.17, 15) is 4.79 Å². The van der Waals surface area contributed by atoms with Gasteiger partial charge in [-0.15, -0.1) is 12.4 Å². The van der Waals surface area contributed by atoms with E-state index in [1.165, 1.54) is 0 Å². The highest BCUT2D eigenvalue weighted by Crippen LogP contribution is 2.23. The molecule has 2 rings (SSSR count). The Morgan fingerprint density at radius 1 is 1.61 bits per heavy atom. The van der Waals surface area contributed by atoms with Crippen LogP contribution in [0.2, 0.25) is 0 Å². The van der Waals surface area contributed by atoms with Crippen LogP contribution in [0.15, 0.2) is 12.5 Å². The molecule has 2 heterocycles. The molecule has 0 saturated carbocycles. The van der Waals surface area contributed by atoms with Crippen molar-refractivity contribution in [3.8, 4) is 0 Å². The van der Waals surface area contributed by atoms with Gasteiger partial charge in [0.15, 0.2) is 0 Å². The van der Waals surface area contributed by atoms with Crippen LogP contribution in [0.5, 0.6) is 0 Å². The molecule has 102 valence electrons. The van der Waals surface area contributed by atoms with Crippen LogP contribution in [0.4, 0.5) is 0 Å². The SMILES string of the molecule is CC1CCN(C(=O)c2cn(C)cn2)C(CN)C1.Cl. The molecule has 2 atom stereocenters. The number of imidazole rings is 1. The number of halogens is 1. The summed E-state index contributed by atoms with van der Waals surface area (Å²) in [5, 5.41) is 0. The quantitative estimate of drug-likeness (QED) is 0.875. The number of carbonyl (C=O) groups is 1. The maximum absolute atomic E-state index is 12.3. The minimum absolute atomic E-state index is 0. The van der Waals surface area contributed by atoms with Crippen molar-refractivity contribution in [2.24, 2.45) is 18.7 Å². The summed E-state index contributed by atoms with van der Waals surface area (Å²) in [6, 6.07) is 0.160. The van der Waals surface area contributed by atoms with Gasteiger partial charge in [-0.3, -0.25) is 4.79 Å². The van der Waals surface area contributed by atoms with E-state index in [-0.39, 0.29) is 24.4 Å². The van der Waals surface area contributed by atoms with Gasteiger partial charge in [-0.25, -0.2) is 4.98 Å². The van der Waals surface area contributed by atoms with Crippen molar-refractivity contribution in [2.45, 2.75) is 25.8 Å². The summed E-state index contributed by atoms with van der Waals surface area (Å²) < 4.78 is 1.79. The molecule has 0 aliphatic carbocycles. The summed E-state index contributed by atoms with van der Waals surface area (Å²) in [7, 11) is 1.86. The maximum Gasteiger partial charge on any atom is 0.274 e. The van der Waals surface area contributed by atoms with Gasteiger partial charge in [0, 0.05) is 32.4 Å². The first-order valence-electron chi connectivity index (χ1n) is 6.10. The van der Waals surface area contributed by atoms with Gasteiger partial charge < -0.3 is 15.2 Å². The lowest BCUT2D eigenvalue weighted by Gasteiger charge is -2.37. The number of rotatable bonds is 2. The zero-order chi connectivity index (χ0) is 12.4. The Bertz CT molecular complexity index is 407. The minimum atomic E-state index is 0. The van der Waals surface area contributed by atoms with E-state index in [0.29, 0.717) is 18.2 Å². The van der Waals surface area contributed by atoms with E-state index in [2.05, 4.69) is 11.9 Å². The molecule has 18 heavy (non-hydrogen) atoms. The molecule has 1 aromatic rings. The molecule has 2 N–H and O–H groups in total. The first-order chi connectivity index (χ1) is 8.11. The standard InChI is InChI=1S/C12H20N4O.ClH/c1-9-3-4-16(10(5-9)6-13)12(17)11-7-15(2)8-14-11;/h7-10H,3-6,13H2,1-2H3;1H. The van der Waals surface area contributed by atoms with Crippen molar-refractivity contribution in [3.63, 3.8) is 0 Å². The number of likely N-dealkylation sites (tertiary alicyclic amines) is 1. The van der Waals surface area contributed by atoms with Crippen LogP contribution in [0.25, 0.3) is 0 Å². The third kappa shape index (κ3) is 3.03. The second-order valence-electron chi connectivity index (χ2n) is 4.94. The Hall–Kier alpha value is -1.07. The molecule has 0 spiro atoms. The van der Waals surface area contributed by atoms with Gasteiger partial charge in [0.1, 0.15) is 5.69 Å². The van der Waals surface area contributed by atoms with E-state index in [1.807, 2.05) is 11.9 Å². The highest BCUT2D eigenvalue weighted by Gasteiger charge is 2.30. The van der Waals surface area contributed by atoms with Crippen LogP contribution in [0.3, 0.4) is 0 Å². The Balaban J connectivity index is 0.00000162. The Labute approximate surface area is 114 Å². The summed E-state index contributed by atoms with van der Waals surface area (Å²) in [5.74, 6) is 0.657. The highest BCUT2D eigenvalue weighted by molar-refractivity contribution is 5.92. The molecule has 1 amide bonds. The van der Waals surface area contributed by atoms with E-state index >= 15 is 0 Å². The predicted molar refractivity (Wildman–Crippen MR) is 72.7 cm³/mol. The third-order valence-electron chi connectivity index (χ3n) is 3.43. The first-order valence-corrected chi connectivity index (χ1v) is 6.10. The monoisotopic (exact) mass is 272 g/mol. The second-order valence-corrected chi connectivity index (χ2v) is 4.94. The maximum atomic E-state index is 12.3. The van der Waals surface area contributed by atoms with Crippen molar-refractivity contribution in [3.05, 3.63) is 18.2 Å². The molecule has 2 unspecified atom stereocenters. The van der Waals surface area contributed by atoms with Crippen LogP contribution in [-0.4, -0.2) is 39.5 Å². The molecule has 0 radical (unpaired) electrons. The number of nitrogens with zero attached hydrogens (tertiary/aromatic N) is 3. The molecule has 1 saturated heterocycles. The summed E-state index contributed by atoms with van der Waals surface area (Å²) in [4.78, 5) is 18.3. The molecule has 6 heteroatoms. The lowest BCUT2D eigenvalue weighted by molar-refractivity contribution is 0.0568. The number of carbonyl (C=O) groups excluding carboxylic acids is 1. The van der Waals surface area contributed by atoms with E-state index in [4.69, 9.17) is 5.73 Å². The van der Waals surface area contributed by atoms with Gasteiger partial charge in [0.25, 0.3) is 5.91 Å². The molecule has 1 fully saturated rings. The number of aromatic nitrogens is 2. The minimum Gasteiger partial charge on any atom is -0.340 e. The summed E-state index contributed by atoms with van der Waals surface area (Å²) in [5.41, 5.74) is 6.27. The molecule has 1 aliphatic heterocycles. The van der Waals surface area contributed by atoms with E-state index < -0.39 is 0 Å². The van der Waals surface area contributed by atoms with Gasteiger partial charge in [-0.1, -0.05) is 6.92 Å². The molecule has 1 aliphatic rings. The largest absolute Gasteiger partial charge is 0.340 e. The van der Waals surface area contributed by atoms with Crippen molar-refractivity contribution >= 4 is 18.3 Å². The predicted octanol–water partition coefficient (Wildman–Crippen LogP) is 1.04. The van der Waals surface area contributed by atoms with Crippen LogP contribution >= 0.6 is 12.4 Å². The van der Waals surface area contributed by atoms with E-state index in [1.54, 1.807) is 17.1 Å². The first kappa shape index (κ1) is 15.0. The number of hydrogen-bond acceptors (Lipinski definition) is 3. The van der Waals surface area contributed by atoms with Gasteiger partial charge in [0.05, 0.1) is 6.33 Å². The summed E-state index contributed by atoms with van der Waals surface area (Å²) >= 11 is 0. The van der Waals surface area contributed by atoms with Gasteiger partial charge >= 0.3 is 0 Å². The van der Waals surface area contributed by atoms with E-state index in [0.717, 1.165) is 19.4 Å². The number of piperidine rings is 1. The topological polar surface area (TPSA) is 64.2 Å². The zero-order valence-corrected chi connectivity index (χ0v) is 11.7. The number of aryl methyl sites for hydroxylation is 1. The fourth-order valence-electron chi connectivity index (χ4n) is 2.41. The molecular weight excluding hydrogens is 252 g/mol. The van der Waals surface area contributed by atoms with Crippen LogP contribution < -0.4 is 5.73 Å². The van der Waals surface area contributed by atoms with Crippen LogP contribution in [0, 0.1) is 5.92 Å². The Kier molecular flexibility index (Phi) is 5.16.